The van der Waals surface area contributed by atoms with Gasteiger partial charge in [-0.2, -0.15) is 0 Å². The van der Waals surface area contributed by atoms with Crippen LogP contribution in [0.1, 0.15) is 42.3 Å². The smallest absolute Gasteiger partial charge is 0.255 e. The van der Waals surface area contributed by atoms with E-state index in [9.17, 15) is 4.79 Å². The molecule has 3 heteroatoms. The minimum Gasteiger partial charge on any atom is -0.399 e. The molecular weight excluding hydrogens is 260 g/mol. The van der Waals surface area contributed by atoms with Crippen molar-refractivity contribution in [2.45, 2.75) is 33.1 Å². The highest BCUT2D eigenvalue weighted by Gasteiger charge is 2.21. The van der Waals surface area contributed by atoms with Crippen molar-refractivity contribution >= 4 is 17.3 Å². The van der Waals surface area contributed by atoms with Crippen molar-refractivity contribution in [3.63, 3.8) is 0 Å². The fourth-order valence-corrected chi connectivity index (χ4v) is 2.35. The SMILES string of the molecule is Cc1cc(N)ccc1NC(=O)c1ccccc1C(C)(C)C. The van der Waals surface area contributed by atoms with Crippen LogP contribution in [0.4, 0.5) is 11.4 Å². The van der Waals surface area contributed by atoms with Gasteiger partial charge in [-0.3, -0.25) is 4.79 Å². The van der Waals surface area contributed by atoms with E-state index in [4.69, 9.17) is 5.73 Å². The quantitative estimate of drug-likeness (QED) is 0.814. The average Bonchev–Trinajstić information content (AvgIpc) is 2.41. The monoisotopic (exact) mass is 282 g/mol. The predicted molar refractivity (Wildman–Crippen MR) is 88.7 cm³/mol. The number of nitrogens with two attached hydrogens (primary N) is 1. The summed E-state index contributed by atoms with van der Waals surface area (Å²) in [6.07, 6.45) is 0. The second-order valence-electron chi connectivity index (χ2n) is 6.32. The van der Waals surface area contributed by atoms with Crippen LogP contribution in [0.3, 0.4) is 0 Å². The van der Waals surface area contributed by atoms with Gasteiger partial charge < -0.3 is 11.1 Å². The lowest BCUT2D eigenvalue weighted by Gasteiger charge is -2.22. The summed E-state index contributed by atoms with van der Waals surface area (Å²) in [7, 11) is 0. The molecule has 0 heterocycles. The van der Waals surface area contributed by atoms with E-state index < -0.39 is 0 Å². The third-order valence-corrected chi connectivity index (χ3v) is 3.48. The van der Waals surface area contributed by atoms with E-state index in [0.29, 0.717) is 11.3 Å². The van der Waals surface area contributed by atoms with Crippen LogP contribution in [0.2, 0.25) is 0 Å². The number of aryl methyl sites for hydroxylation is 1. The van der Waals surface area contributed by atoms with Crippen molar-refractivity contribution in [2.24, 2.45) is 0 Å². The Kier molecular flexibility index (Phi) is 4.03. The lowest BCUT2D eigenvalue weighted by atomic mass is 9.83. The van der Waals surface area contributed by atoms with Gasteiger partial charge >= 0.3 is 0 Å². The summed E-state index contributed by atoms with van der Waals surface area (Å²) < 4.78 is 0. The Balaban J connectivity index is 2.33. The summed E-state index contributed by atoms with van der Waals surface area (Å²) in [6.45, 7) is 8.25. The summed E-state index contributed by atoms with van der Waals surface area (Å²) in [6, 6.07) is 13.2. The zero-order valence-corrected chi connectivity index (χ0v) is 13.0. The summed E-state index contributed by atoms with van der Waals surface area (Å²) in [5, 5.41) is 2.97. The second-order valence-corrected chi connectivity index (χ2v) is 6.32. The van der Waals surface area contributed by atoms with Gasteiger partial charge in [0, 0.05) is 16.9 Å². The molecule has 0 fully saturated rings. The summed E-state index contributed by atoms with van der Waals surface area (Å²) >= 11 is 0. The average molecular weight is 282 g/mol. The number of hydrogen-bond donors (Lipinski definition) is 2. The molecule has 0 radical (unpaired) electrons. The first-order chi connectivity index (χ1) is 9.79. The molecular formula is C18H22N2O. The Morgan fingerprint density at radius 3 is 2.38 bits per heavy atom. The molecule has 2 aromatic carbocycles. The highest BCUT2D eigenvalue weighted by atomic mass is 16.1. The minimum absolute atomic E-state index is 0.0793. The molecule has 0 aliphatic carbocycles. The Morgan fingerprint density at radius 2 is 1.76 bits per heavy atom. The number of nitrogens with one attached hydrogen (secondary N) is 1. The number of hydrogen-bond acceptors (Lipinski definition) is 2. The maximum atomic E-state index is 12.6. The summed E-state index contributed by atoms with van der Waals surface area (Å²) in [5.41, 5.74) is 9.85. The maximum absolute atomic E-state index is 12.6. The highest BCUT2D eigenvalue weighted by Crippen LogP contribution is 2.27. The fourth-order valence-electron chi connectivity index (χ4n) is 2.35. The van der Waals surface area contributed by atoms with Crippen LogP contribution in [0.5, 0.6) is 0 Å². The molecule has 0 unspecified atom stereocenters. The Morgan fingerprint density at radius 1 is 1.10 bits per heavy atom. The first kappa shape index (κ1) is 15.1. The number of carbonyl (C=O) groups excluding carboxylic acids is 1. The molecule has 0 saturated carbocycles. The molecule has 0 bridgehead atoms. The molecule has 110 valence electrons. The number of rotatable bonds is 2. The van der Waals surface area contributed by atoms with Crippen molar-refractivity contribution in [1.82, 2.24) is 0 Å². The number of amides is 1. The predicted octanol–water partition coefficient (Wildman–Crippen LogP) is 4.13. The Hall–Kier alpha value is -2.29. The molecule has 2 rings (SSSR count). The van der Waals surface area contributed by atoms with Crippen molar-refractivity contribution in [3.8, 4) is 0 Å². The molecule has 0 atom stereocenters. The zero-order chi connectivity index (χ0) is 15.6. The van der Waals surface area contributed by atoms with Crippen LogP contribution in [-0.2, 0) is 5.41 Å². The van der Waals surface area contributed by atoms with Gasteiger partial charge in [-0.15, -0.1) is 0 Å². The van der Waals surface area contributed by atoms with E-state index in [1.165, 1.54) is 0 Å². The van der Waals surface area contributed by atoms with Crippen LogP contribution in [0.25, 0.3) is 0 Å². The van der Waals surface area contributed by atoms with Gasteiger partial charge in [0.05, 0.1) is 0 Å². The van der Waals surface area contributed by atoms with Gasteiger partial charge in [-0.25, -0.2) is 0 Å². The molecule has 0 aliphatic heterocycles. The van der Waals surface area contributed by atoms with Crippen LogP contribution >= 0.6 is 0 Å². The van der Waals surface area contributed by atoms with E-state index in [2.05, 4.69) is 26.1 Å². The van der Waals surface area contributed by atoms with E-state index in [1.807, 2.05) is 43.3 Å². The number of carbonyl (C=O) groups is 1. The summed E-state index contributed by atoms with van der Waals surface area (Å²) in [4.78, 5) is 12.6. The van der Waals surface area contributed by atoms with Gasteiger partial charge in [0.25, 0.3) is 5.91 Å². The normalized spacial score (nSPS) is 11.2. The molecule has 21 heavy (non-hydrogen) atoms. The molecule has 0 aliphatic rings. The number of nitrogen functional groups attached to an aromatic ring is 1. The molecule has 0 saturated heterocycles. The standard InChI is InChI=1S/C18H22N2O/c1-12-11-13(19)9-10-16(12)20-17(21)14-7-5-6-8-15(14)18(2,3)4/h5-11H,19H2,1-4H3,(H,20,21). The largest absolute Gasteiger partial charge is 0.399 e. The Bertz CT molecular complexity index is 669. The van der Waals surface area contributed by atoms with Gasteiger partial charge in [0.15, 0.2) is 0 Å². The molecule has 0 aromatic heterocycles. The Labute approximate surface area is 126 Å². The lowest BCUT2D eigenvalue weighted by molar-refractivity contribution is 0.102. The van der Waals surface area contributed by atoms with Crippen LogP contribution in [0, 0.1) is 6.92 Å². The van der Waals surface area contributed by atoms with Gasteiger partial charge in [0.1, 0.15) is 0 Å². The minimum atomic E-state index is -0.0894. The molecule has 2 aromatic rings. The van der Waals surface area contributed by atoms with E-state index in [1.54, 1.807) is 6.07 Å². The molecule has 1 amide bonds. The topological polar surface area (TPSA) is 55.1 Å². The first-order valence-electron chi connectivity index (χ1n) is 7.06. The maximum Gasteiger partial charge on any atom is 0.255 e. The molecule has 0 spiro atoms. The zero-order valence-electron chi connectivity index (χ0n) is 13.0. The highest BCUT2D eigenvalue weighted by molar-refractivity contribution is 6.06. The van der Waals surface area contributed by atoms with Crippen LogP contribution in [0.15, 0.2) is 42.5 Å². The van der Waals surface area contributed by atoms with Crippen molar-refractivity contribution in [1.29, 1.82) is 0 Å². The van der Waals surface area contributed by atoms with E-state index in [-0.39, 0.29) is 11.3 Å². The number of anilines is 2. The third-order valence-electron chi connectivity index (χ3n) is 3.48. The lowest BCUT2D eigenvalue weighted by Crippen LogP contribution is -2.21. The van der Waals surface area contributed by atoms with Crippen molar-refractivity contribution < 1.29 is 4.79 Å². The van der Waals surface area contributed by atoms with E-state index >= 15 is 0 Å². The first-order valence-corrected chi connectivity index (χ1v) is 7.06. The van der Waals surface area contributed by atoms with Gasteiger partial charge in [0.2, 0.25) is 0 Å². The summed E-state index contributed by atoms with van der Waals surface area (Å²) in [5.74, 6) is -0.0894. The van der Waals surface area contributed by atoms with Crippen molar-refractivity contribution in [2.75, 3.05) is 11.1 Å². The van der Waals surface area contributed by atoms with E-state index in [0.717, 1.165) is 16.8 Å². The fraction of sp³-hybridized carbons (Fsp3) is 0.278. The third kappa shape index (κ3) is 3.43. The molecule has 3 N–H and O–H groups in total. The second kappa shape index (κ2) is 5.60. The van der Waals surface area contributed by atoms with Gasteiger partial charge in [-0.05, 0) is 47.7 Å². The number of benzene rings is 2. The van der Waals surface area contributed by atoms with Crippen LogP contribution in [-0.4, -0.2) is 5.91 Å². The van der Waals surface area contributed by atoms with Crippen molar-refractivity contribution in [3.05, 3.63) is 59.2 Å². The van der Waals surface area contributed by atoms with Gasteiger partial charge in [-0.1, -0.05) is 39.0 Å². The molecule has 3 nitrogen and oxygen atoms in total. The van der Waals surface area contributed by atoms with Crippen LogP contribution < -0.4 is 11.1 Å².